The van der Waals surface area contributed by atoms with Crippen LogP contribution in [0, 0.1) is 6.92 Å². The van der Waals surface area contributed by atoms with E-state index < -0.39 is 0 Å². The van der Waals surface area contributed by atoms with E-state index in [2.05, 4.69) is 15.2 Å². The molecule has 0 aliphatic rings. The summed E-state index contributed by atoms with van der Waals surface area (Å²) in [5.41, 5.74) is 1.87. The van der Waals surface area contributed by atoms with Crippen LogP contribution in [0.25, 0.3) is 10.6 Å². The Morgan fingerprint density at radius 3 is 2.95 bits per heavy atom. The fraction of sp³-hybridized carbons (Fsp3) is 0.385. The van der Waals surface area contributed by atoms with E-state index in [0.717, 1.165) is 22.0 Å². The van der Waals surface area contributed by atoms with Crippen molar-refractivity contribution < 1.29 is 4.79 Å². The third-order valence-corrected chi connectivity index (χ3v) is 4.48. The van der Waals surface area contributed by atoms with Crippen molar-refractivity contribution in [1.82, 2.24) is 15.2 Å². The van der Waals surface area contributed by atoms with Crippen molar-refractivity contribution in [2.75, 3.05) is 24.0 Å². The number of nitrogens with zero attached hydrogens (tertiary/aromatic N) is 4. The van der Waals surface area contributed by atoms with Gasteiger partial charge in [0.05, 0.1) is 0 Å². The van der Waals surface area contributed by atoms with E-state index in [1.807, 2.05) is 25.3 Å². The van der Waals surface area contributed by atoms with E-state index in [1.54, 1.807) is 29.9 Å². The molecule has 0 aliphatic heterocycles. The zero-order valence-electron chi connectivity index (χ0n) is 11.7. The molecular weight excluding hydrogens is 292 g/mol. The molecule has 0 spiro atoms. The van der Waals surface area contributed by atoms with Crippen LogP contribution in [-0.4, -0.2) is 40.1 Å². The quantitative estimate of drug-likeness (QED) is 0.850. The average Bonchev–Trinajstić information content (AvgIpc) is 2.94. The van der Waals surface area contributed by atoms with Crippen LogP contribution in [-0.2, 0) is 4.79 Å². The van der Waals surface area contributed by atoms with Gasteiger partial charge in [0, 0.05) is 36.7 Å². The summed E-state index contributed by atoms with van der Waals surface area (Å²) in [6.07, 6.45) is 4.25. The highest BCUT2D eigenvalue weighted by molar-refractivity contribution is 7.98. The van der Waals surface area contributed by atoms with E-state index in [-0.39, 0.29) is 5.91 Å². The van der Waals surface area contributed by atoms with Crippen molar-refractivity contribution >= 4 is 34.1 Å². The predicted molar refractivity (Wildman–Crippen MR) is 84.3 cm³/mol. The van der Waals surface area contributed by atoms with Crippen molar-refractivity contribution in [2.24, 2.45) is 0 Å². The maximum absolute atomic E-state index is 12.0. The van der Waals surface area contributed by atoms with Gasteiger partial charge in [-0.3, -0.25) is 14.7 Å². The highest BCUT2D eigenvalue weighted by Crippen LogP contribution is 2.29. The molecule has 106 valence electrons. The lowest BCUT2D eigenvalue weighted by atomic mass is 10.2. The van der Waals surface area contributed by atoms with Crippen LogP contribution in [0.1, 0.15) is 12.1 Å². The van der Waals surface area contributed by atoms with Crippen LogP contribution in [0.3, 0.4) is 0 Å². The Morgan fingerprint density at radius 2 is 2.25 bits per heavy atom. The number of carbonyl (C=O) groups is 1. The minimum absolute atomic E-state index is 0.0601. The van der Waals surface area contributed by atoms with E-state index in [1.165, 1.54) is 11.3 Å². The Bertz CT molecular complexity index is 600. The largest absolute Gasteiger partial charge is 0.290 e. The Hall–Kier alpha value is -1.47. The first-order chi connectivity index (χ1) is 9.63. The first-order valence-electron chi connectivity index (χ1n) is 6.14. The van der Waals surface area contributed by atoms with Gasteiger partial charge in [0.1, 0.15) is 0 Å². The number of carbonyl (C=O) groups excluding carboxylic acids is 1. The van der Waals surface area contributed by atoms with E-state index in [0.29, 0.717) is 11.6 Å². The van der Waals surface area contributed by atoms with Crippen LogP contribution in [0.2, 0.25) is 0 Å². The molecule has 0 saturated heterocycles. The first kappa shape index (κ1) is 14.9. The Kier molecular flexibility index (Phi) is 5.08. The Labute approximate surface area is 126 Å². The van der Waals surface area contributed by atoms with Gasteiger partial charge in [-0.1, -0.05) is 11.3 Å². The third-order valence-electron chi connectivity index (χ3n) is 2.83. The van der Waals surface area contributed by atoms with Gasteiger partial charge in [0.25, 0.3) is 0 Å². The maximum Gasteiger partial charge on any atom is 0.229 e. The van der Waals surface area contributed by atoms with Gasteiger partial charge >= 0.3 is 0 Å². The van der Waals surface area contributed by atoms with Crippen molar-refractivity contribution in [1.29, 1.82) is 0 Å². The van der Waals surface area contributed by atoms with Crippen molar-refractivity contribution in [3.63, 3.8) is 0 Å². The van der Waals surface area contributed by atoms with Crippen molar-refractivity contribution in [3.05, 3.63) is 24.0 Å². The number of aryl methyl sites for hydroxylation is 1. The molecule has 0 atom stereocenters. The number of amides is 1. The molecule has 2 heterocycles. The molecule has 5 nitrogen and oxygen atoms in total. The molecule has 2 aromatic rings. The molecule has 2 rings (SSSR count). The molecule has 20 heavy (non-hydrogen) atoms. The summed E-state index contributed by atoms with van der Waals surface area (Å²) in [6, 6.07) is 3.83. The molecule has 2 aromatic heterocycles. The lowest BCUT2D eigenvalue weighted by Gasteiger charge is -2.12. The smallest absolute Gasteiger partial charge is 0.229 e. The maximum atomic E-state index is 12.0. The zero-order valence-corrected chi connectivity index (χ0v) is 13.3. The van der Waals surface area contributed by atoms with Gasteiger partial charge in [-0.05, 0) is 25.3 Å². The second-order valence-corrected chi connectivity index (χ2v) is 6.16. The van der Waals surface area contributed by atoms with Gasteiger partial charge in [0.2, 0.25) is 11.0 Å². The molecule has 0 radical (unpaired) electrons. The summed E-state index contributed by atoms with van der Waals surface area (Å²) in [4.78, 5) is 17.8. The number of thioether (sulfide) groups is 1. The van der Waals surface area contributed by atoms with Gasteiger partial charge in [-0.15, -0.1) is 10.2 Å². The molecular formula is C13H16N4OS2. The van der Waals surface area contributed by atoms with E-state index in [4.69, 9.17) is 0 Å². The molecule has 0 saturated carbocycles. The summed E-state index contributed by atoms with van der Waals surface area (Å²) < 4.78 is 0. The standard InChI is InChI=1S/C13H16N4OS2/c1-9-10(5-4-7-14-9)12-15-16-13(20-12)17(2)11(18)6-8-19-3/h4-5,7H,6,8H2,1-3H3. The normalized spacial score (nSPS) is 10.6. The lowest BCUT2D eigenvalue weighted by molar-refractivity contribution is -0.117. The average molecular weight is 308 g/mol. The molecule has 0 bridgehead atoms. The second kappa shape index (κ2) is 6.81. The molecule has 0 aliphatic carbocycles. The third kappa shape index (κ3) is 3.34. The highest BCUT2D eigenvalue weighted by atomic mass is 32.2. The molecule has 7 heteroatoms. The molecule has 1 amide bonds. The van der Waals surface area contributed by atoms with Gasteiger partial charge in [0.15, 0.2) is 5.01 Å². The number of anilines is 1. The number of aromatic nitrogens is 3. The zero-order chi connectivity index (χ0) is 14.5. The Balaban J connectivity index is 2.17. The second-order valence-electron chi connectivity index (χ2n) is 4.22. The monoisotopic (exact) mass is 308 g/mol. The number of rotatable bonds is 5. The minimum Gasteiger partial charge on any atom is -0.290 e. The van der Waals surface area contributed by atoms with Crippen LogP contribution in [0.5, 0.6) is 0 Å². The summed E-state index contributed by atoms with van der Waals surface area (Å²) in [7, 11) is 1.74. The summed E-state index contributed by atoms with van der Waals surface area (Å²) in [6.45, 7) is 1.93. The predicted octanol–water partition coefficient (Wildman–Crippen LogP) is 2.62. The van der Waals surface area contributed by atoms with Crippen LogP contribution >= 0.6 is 23.1 Å². The molecule has 0 unspecified atom stereocenters. The van der Waals surface area contributed by atoms with Crippen LogP contribution in [0.15, 0.2) is 18.3 Å². The summed E-state index contributed by atoms with van der Waals surface area (Å²) in [5.74, 6) is 0.876. The summed E-state index contributed by atoms with van der Waals surface area (Å²) in [5, 5.41) is 9.67. The van der Waals surface area contributed by atoms with Crippen LogP contribution in [0.4, 0.5) is 5.13 Å². The molecule has 0 aromatic carbocycles. The fourth-order valence-corrected chi connectivity index (χ4v) is 2.91. The number of hydrogen-bond acceptors (Lipinski definition) is 6. The van der Waals surface area contributed by atoms with Crippen LogP contribution < -0.4 is 4.90 Å². The Morgan fingerprint density at radius 1 is 1.45 bits per heavy atom. The van der Waals surface area contributed by atoms with Gasteiger partial charge in [-0.2, -0.15) is 11.8 Å². The first-order valence-corrected chi connectivity index (χ1v) is 8.35. The SMILES string of the molecule is CSCCC(=O)N(C)c1nnc(-c2cccnc2C)s1. The minimum atomic E-state index is 0.0601. The fourth-order valence-electron chi connectivity index (χ4n) is 1.63. The van der Waals surface area contributed by atoms with Crippen molar-refractivity contribution in [2.45, 2.75) is 13.3 Å². The highest BCUT2D eigenvalue weighted by Gasteiger charge is 2.16. The topological polar surface area (TPSA) is 59.0 Å². The summed E-state index contributed by atoms with van der Waals surface area (Å²) >= 11 is 3.06. The molecule has 0 fully saturated rings. The lowest BCUT2D eigenvalue weighted by Crippen LogP contribution is -2.26. The van der Waals surface area contributed by atoms with Crippen molar-refractivity contribution in [3.8, 4) is 10.6 Å². The number of pyridine rings is 1. The van der Waals surface area contributed by atoms with Gasteiger partial charge < -0.3 is 0 Å². The van der Waals surface area contributed by atoms with E-state index >= 15 is 0 Å². The van der Waals surface area contributed by atoms with Gasteiger partial charge in [-0.25, -0.2) is 0 Å². The van der Waals surface area contributed by atoms with E-state index in [9.17, 15) is 4.79 Å². The molecule has 0 N–H and O–H groups in total. The number of hydrogen-bond donors (Lipinski definition) is 0.